The number of nitrogen functional groups attached to an aromatic ring is 1. The molecule has 1 aliphatic carbocycles. The number of aryl methyl sites for hydroxylation is 1. The number of aromatic nitrogens is 2. The third-order valence-electron chi connectivity index (χ3n) is 9.09. The van der Waals surface area contributed by atoms with Crippen molar-refractivity contribution in [1.82, 2.24) is 15.3 Å². The summed E-state index contributed by atoms with van der Waals surface area (Å²) in [7, 11) is 0. The van der Waals surface area contributed by atoms with E-state index in [9.17, 15) is 20.4 Å². The Morgan fingerprint density at radius 1 is 1.15 bits per heavy atom. The van der Waals surface area contributed by atoms with E-state index in [1.807, 2.05) is 36.5 Å². The van der Waals surface area contributed by atoms with E-state index in [1.54, 1.807) is 19.2 Å². The Balaban J connectivity index is 1.35. The van der Waals surface area contributed by atoms with E-state index in [0.29, 0.717) is 56.8 Å². The number of hydrogen-bond donors (Lipinski definition) is 7. The van der Waals surface area contributed by atoms with Crippen molar-refractivity contribution >= 4 is 5.82 Å². The first-order valence-corrected chi connectivity index (χ1v) is 16.8. The van der Waals surface area contributed by atoms with Crippen molar-refractivity contribution in [2.45, 2.75) is 102 Å². The van der Waals surface area contributed by atoms with Crippen LogP contribution in [0.5, 0.6) is 11.5 Å². The molecular weight excluding hydrogens is 580 g/mol. The van der Waals surface area contributed by atoms with E-state index >= 15 is 0 Å². The van der Waals surface area contributed by atoms with Crippen LogP contribution in [0.1, 0.15) is 81.5 Å². The van der Waals surface area contributed by atoms with Gasteiger partial charge in [0, 0.05) is 48.9 Å². The van der Waals surface area contributed by atoms with Gasteiger partial charge < -0.3 is 41.2 Å². The predicted molar refractivity (Wildman–Crippen MR) is 181 cm³/mol. The molecule has 3 aromatic rings. The summed E-state index contributed by atoms with van der Waals surface area (Å²) in [5.74, 6) is 7.62. The molecule has 0 fully saturated rings. The number of aromatic amines is 1. The molecule has 9 nitrogen and oxygen atoms in total. The minimum Gasteiger partial charge on any atom is -0.504 e. The summed E-state index contributed by atoms with van der Waals surface area (Å²) in [6.07, 6.45) is 7.89. The minimum atomic E-state index is -0.729. The van der Waals surface area contributed by atoms with Crippen molar-refractivity contribution < 1.29 is 25.2 Å². The summed E-state index contributed by atoms with van der Waals surface area (Å²) in [6, 6.07) is 13.4. The number of aliphatic hydroxyl groups excluding tert-OH is 3. The molecule has 8 N–H and O–H groups in total. The van der Waals surface area contributed by atoms with Crippen LogP contribution in [0.25, 0.3) is 0 Å². The molecule has 9 heteroatoms. The molecule has 0 spiro atoms. The number of benzene rings is 1. The van der Waals surface area contributed by atoms with Gasteiger partial charge >= 0.3 is 0 Å². The van der Waals surface area contributed by atoms with E-state index < -0.39 is 18.3 Å². The lowest BCUT2D eigenvalue weighted by Crippen LogP contribution is -2.38. The Bertz CT molecular complexity index is 1390. The average Bonchev–Trinajstić information content (AvgIpc) is 3.56. The lowest BCUT2D eigenvalue weighted by atomic mass is 9.84. The molecule has 2 heterocycles. The molecule has 7 atom stereocenters. The molecule has 1 aromatic carbocycles. The number of aromatic hydroxyl groups is 1. The summed E-state index contributed by atoms with van der Waals surface area (Å²) in [5.41, 5.74) is 9.10. The SMILES string of the molecule is CC[C@H]1C#CC[C@H]([C@H](O)CCc2ccc(O)c(OCC[C@H](Cc3ccc[nH]3)c3ccnc(N)c3)c2)[C@@H](O)CC[C@H](NC[C@H](C)O)C1. The molecule has 0 unspecified atom stereocenters. The molecule has 250 valence electrons. The van der Waals surface area contributed by atoms with E-state index in [4.69, 9.17) is 10.5 Å². The molecule has 2 aromatic heterocycles. The van der Waals surface area contributed by atoms with Gasteiger partial charge in [-0.25, -0.2) is 4.98 Å². The average molecular weight is 633 g/mol. The number of rotatable bonds is 15. The highest BCUT2D eigenvalue weighted by molar-refractivity contribution is 5.42. The van der Waals surface area contributed by atoms with Gasteiger partial charge in [0.1, 0.15) is 5.82 Å². The minimum absolute atomic E-state index is 0.0700. The largest absolute Gasteiger partial charge is 0.504 e. The Kier molecular flexibility index (Phi) is 13.8. The molecule has 4 rings (SSSR count). The molecule has 0 amide bonds. The van der Waals surface area contributed by atoms with Crippen LogP contribution < -0.4 is 15.8 Å². The molecule has 0 saturated carbocycles. The molecule has 46 heavy (non-hydrogen) atoms. The number of nitrogens with one attached hydrogen (secondary N) is 2. The summed E-state index contributed by atoms with van der Waals surface area (Å²) < 4.78 is 6.09. The lowest BCUT2D eigenvalue weighted by molar-refractivity contribution is 0.00428. The maximum Gasteiger partial charge on any atom is 0.161 e. The second kappa shape index (κ2) is 18.0. The first kappa shape index (κ1) is 35.3. The van der Waals surface area contributed by atoms with Crippen molar-refractivity contribution in [2.75, 3.05) is 18.9 Å². The first-order chi connectivity index (χ1) is 22.2. The van der Waals surface area contributed by atoms with Gasteiger partial charge in [-0.3, -0.25) is 0 Å². The van der Waals surface area contributed by atoms with Gasteiger partial charge in [-0.2, -0.15) is 0 Å². The van der Waals surface area contributed by atoms with Gasteiger partial charge in [-0.05, 0) is 112 Å². The lowest BCUT2D eigenvalue weighted by Gasteiger charge is -2.30. The number of nitrogens with two attached hydrogens (primary N) is 1. The van der Waals surface area contributed by atoms with Crippen LogP contribution in [0.2, 0.25) is 0 Å². The zero-order valence-electron chi connectivity index (χ0n) is 27.2. The normalized spacial score (nSPS) is 22.3. The number of aliphatic hydroxyl groups is 3. The topological polar surface area (TPSA) is 157 Å². The van der Waals surface area contributed by atoms with E-state index in [1.165, 1.54) is 0 Å². The quantitative estimate of drug-likeness (QED) is 0.119. The zero-order chi connectivity index (χ0) is 32.9. The van der Waals surface area contributed by atoms with E-state index in [0.717, 1.165) is 42.5 Å². The maximum atomic E-state index is 11.2. The molecule has 0 saturated heterocycles. The van der Waals surface area contributed by atoms with Crippen LogP contribution in [0.3, 0.4) is 0 Å². The summed E-state index contributed by atoms with van der Waals surface area (Å²) in [4.78, 5) is 7.40. The van der Waals surface area contributed by atoms with Crippen molar-refractivity contribution in [3.63, 3.8) is 0 Å². The van der Waals surface area contributed by atoms with Crippen LogP contribution in [-0.4, -0.2) is 67.9 Å². The van der Waals surface area contributed by atoms with Crippen LogP contribution >= 0.6 is 0 Å². The van der Waals surface area contributed by atoms with Gasteiger partial charge in [-0.15, -0.1) is 5.92 Å². The molecule has 0 aliphatic heterocycles. The molecular formula is C37H52N4O5. The van der Waals surface area contributed by atoms with E-state index in [2.05, 4.69) is 40.1 Å². The number of phenols is 1. The third kappa shape index (κ3) is 11.1. The summed E-state index contributed by atoms with van der Waals surface area (Å²) in [5, 5.41) is 46.1. The highest BCUT2D eigenvalue weighted by Gasteiger charge is 2.28. The fourth-order valence-corrected chi connectivity index (χ4v) is 6.28. The Labute approximate surface area is 273 Å². The number of anilines is 1. The fraction of sp³-hybridized carbons (Fsp3) is 0.541. The second-order valence-electron chi connectivity index (χ2n) is 12.8. The van der Waals surface area contributed by atoms with Crippen LogP contribution in [0, 0.1) is 23.7 Å². The number of ether oxygens (including phenoxy) is 1. The summed E-state index contributed by atoms with van der Waals surface area (Å²) >= 11 is 0. The number of phenolic OH excluding ortho intramolecular Hbond substituents is 1. The Morgan fingerprint density at radius 2 is 2.00 bits per heavy atom. The standard InChI is InChI=1S/C37H52N4O5/c1-3-26-6-4-8-32(34(44)14-11-31(20-26)41-24-25(2)42)33(43)12-9-27-10-13-35(45)36(21-27)46-19-16-29(22-30-7-5-17-39-30)28-15-18-40-37(38)23-28/h5,7,10,13,15,17-18,21,23,25-26,29,31-34,39,41-45H,3,8-9,11-12,14,16,19-20,22,24H2,1-2H3,(H2,38,40)/t25-,26-,29+,31-,32+,33+,34-/m0/s1. The highest BCUT2D eigenvalue weighted by Crippen LogP contribution is 2.31. The zero-order valence-corrected chi connectivity index (χ0v) is 27.2. The molecule has 0 bridgehead atoms. The number of hydrogen-bond acceptors (Lipinski definition) is 8. The second-order valence-corrected chi connectivity index (χ2v) is 12.8. The van der Waals surface area contributed by atoms with Crippen molar-refractivity contribution in [1.29, 1.82) is 0 Å². The molecule has 0 radical (unpaired) electrons. The van der Waals surface area contributed by atoms with Gasteiger partial charge in [0.2, 0.25) is 0 Å². The van der Waals surface area contributed by atoms with Crippen molar-refractivity contribution in [2.24, 2.45) is 11.8 Å². The highest BCUT2D eigenvalue weighted by atomic mass is 16.5. The van der Waals surface area contributed by atoms with E-state index in [-0.39, 0.29) is 29.5 Å². The monoisotopic (exact) mass is 632 g/mol. The third-order valence-corrected chi connectivity index (χ3v) is 9.09. The fourth-order valence-electron chi connectivity index (χ4n) is 6.28. The van der Waals surface area contributed by atoms with Crippen LogP contribution in [0.4, 0.5) is 5.82 Å². The van der Waals surface area contributed by atoms with Gasteiger partial charge in [0.15, 0.2) is 11.5 Å². The van der Waals surface area contributed by atoms with Crippen LogP contribution in [0.15, 0.2) is 54.9 Å². The number of H-pyrrole nitrogens is 1. The Morgan fingerprint density at radius 3 is 2.74 bits per heavy atom. The first-order valence-electron chi connectivity index (χ1n) is 16.8. The van der Waals surface area contributed by atoms with Crippen molar-refractivity contribution in [3.8, 4) is 23.3 Å². The van der Waals surface area contributed by atoms with Gasteiger partial charge in [0.05, 0.1) is 24.9 Å². The summed E-state index contributed by atoms with van der Waals surface area (Å²) in [6.45, 7) is 4.79. The van der Waals surface area contributed by atoms with Gasteiger partial charge in [-0.1, -0.05) is 18.9 Å². The maximum absolute atomic E-state index is 11.2. The number of nitrogens with zero attached hydrogens (tertiary/aromatic N) is 1. The van der Waals surface area contributed by atoms with Gasteiger partial charge in [0.25, 0.3) is 0 Å². The van der Waals surface area contributed by atoms with Crippen molar-refractivity contribution in [3.05, 3.63) is 71.7 Å². The van der Waals surface area contributed by atoms with Crippen LogP contribution in [-0.2, 0) is 12.8 Å². The molecule has 1 aliphatic rings. The smallest absolute Gasteiger partial charge is 0.161 e. The number of pyridine rings is 1. The predicted octanol–water partition coefficient (Wildman–Crippen LogP) is 4.71. The Hall–Kier alpha value is -3.55.